The maximum absolute atomic E-state index is 11.8. The molecule has 2 N–H and O–H groups in total. The number of ether oxygens (including phenoxy) is 1. The fourth-order valence-corrected chi connectivity index (χ4v) is 2.19. The van der Waals surface area contributed by atoms with Crippen LogP contribution in [-0.4, -0.2) is 24.4 Å². The van der Waals surface area contributed by atoms with Gasteiger partial charge in [0.1, 0.15) is 0 Å². The number of rotatable bonds is 5. The average Bonchev–Trinajstić information content (AvgIpc) is 2.60. The summed E-state index contributed by atoms with van der Waals surface area (Å²) in [7, 11) is 0. The van der Waals surface area contributed by atoms with Gasteiger partial charge in [-0.1, -0.05) is 47.5 Å². The third kappa shape index (κ3) is 6.10. The van der Waals surface area contributed by atoms with Gasteiger partial charge < -0.3 is 4.74 Å². The van der Waals surface area contributed by atoms with Gasteiger partial charge in [-0.05, 0) is 29.8 Å². The van der Waals surface area contributed by atoms with Gasteiger partial charge in [0.2, 0.25) is 0 Å². The average molecular weight is 381 g/mol. The van der Waals surface area contributed by atoms with Gasteiger partial charge in [-0.25, -0.2) is 0 Å². The molecule has 8 heteroatoms. The minimum absolute atomic E-state index is 0.0103. The van der Waals surface area contributed by atoms with Crippen LogP contribution in [0.3, 0.4) is 0 Å². The van der Waals surface area contributed by atoms with Crippen molar-refractivity contribution in [3.8, 4) is 0 Å². The first-order chi connectivity index (χ1) is 12.0. The number of benzene rings is 2. The lowest BCUT2D eigenvalue weighted by atomic mass is 10.1. The smallest absolute Gasteiger partial charge is 0.310 e. The Balaban J connectivity index is 1.73. The third-order valence-electron chi connectivity index (χ3n) is 3.06. The molecular weight excluding hydrogens is 367 g/mol. The molecule has 0 spiro atoms. The molecule has 0 radical (unpaired) electrons. The van der Waals surface area contributed by atoms with Crippen molar-refractivity contribution in [2.45, 2.75) is 6.42 Å². The van der Waals surface area contributed by atoms with E-state index in [0.717, 1.165) is 0 Å². The summed E-state index contributed by atoms with van der Waals surface area (Å²) in [6, 6.07) is 13.1. The highest BCUT2D eigenvalue weighted by atomic mass is 35.5. The van der Waals surface area contributed by atoms with Crippen molar-refractivity contribution in [3.63, 3.8) is 0 Å². The quantitative estimate of drug-likeness (QED) is 0.616. The lowest BCUT2D eigenvalue weighted by molar-refractivity contribution is -0.148. The van der Waals surface area contributed by atoms with E-state index in [4.69, 9.17) is 27.9 Å². The number of carbonyl (C=O) groups is 3. The lowest BCUT2D eigenvalue weighted by Gasteiger charge is -2.09. The van der Waals surface area contributed by atoms with Gasteiger partial charge in [0, 0.05) is 5.02 Å². The summed E-state index contributed by atoms with van der Waals surface area (Å²) in [6.07, 6.45) is 0.0103. The van der Waals surface area contributed by atoms with E-state index in [9.17, 15) is 14.4 Å². The van der Waals surface area contributed by atoms with Crippen molar-refractivity contribution >= 4 is 41.0 Å². The number of carbonyl (C=O) groups excluding carboxylic acids is 3. The van der Waals surface area contributed by atoms with E-state index in [0.29, 0.717) is 10.6 Å². The van der Waals surface area contributed by atoms with E-state index >= 15 is 0 Å². The zero-order valence-electron chi connectivity index (χ0n) is 12.9. The first kappa shape index (κ1) is 18.8. The third-order valence-corrected chi connectivity index (χ3v) is 3.64. The molecule has 0 atom stereocenters. The summed E-state index contributed by atoms with van der Waals surface area (Å²) in [4.78, 5) is 35.1. The SMILES string of the molecule is O=C(COC(=O)Cc1ccc(Cl)cc1)NNC(=O)c1ccccc1Cl. The molecular formula is C17H14Cl2N2O4. The standard InChI is InChI=1S/C17H14Cl2N2O4/c18-12-7-5-11(6-8-12)9-16(23)25-10-15(22)20-21-17(24)13-3-1-2-4-14(13)19/h1-8H,9-10H2,(H,20,22)(H,21,24). The van der Waals surface area contributed by atoms with Crippen LogP contribution in [0.2, 0.25) is 10.0 Å². The Bertz CT molecular complexity index is 778. The van der Waals surface area contributed by atoms with E-state index in [1.165, 1.54) is 6.07 Å². The molecule has 2 amide bonds. The molecule has 2 aromatic carbocycles. The summed E-state index contributed by atoms with van der Waals surface area (Å²) in [5, 5.41) is 0.814. The second-order valence-electron chi connectivity index (χ2n) is 4.95. The molecule has 0 aliphatic heterocycles. The number of amides is 2. The number of nitrogens with one attached hydrogen (secondary N) is 2. The van der Waals surface area contributed by atoms with Crippen LogP contribution < -0.4 is 10.9 Å². The van der Waals surface area contributed by atoms with E-state index < -0.39 is 24.4 Å². The molecule has 0 saturated carbocycles. The van der Waals surface area contributed by atoms with Gasteiger partial charge in [0.05, 0.1) is 17.0 Å². The topological polar surface area (TPSA) is 84.5 Å². The lowest BCUT2D eigenvalue weighted by Crippen LogP contribution is -2.43. The molecule has 6 nitrogen and oxygen atoms in total. The van der Waals surface area contributed by atoms with Crippen molar-refractivity contribution < 1.29 is 19.1 Å². The van der Waals surface area contributed by atoms with Crippen molar-refractivity contribution in [2.24, 2.45) is 0 Å². The summed E-state index contributed by atoms with van der Waals surface area (Å²) in [6.45, 7) is -0.519. The van der Waals surface area contributed by atoms with E-state index in [2.05, 4.69) is 10.9 Å². The number of hydrogen-bond acceptors (Lipinski definition) is 4. The number of hydrogen-bond donors (Lipinski definition) is 2. The van der Waals surface area contributed by atoms with Gasteiger partial charge in [-0.2, -0.15) is 0 Å². The van der Waals surface area contributed by atoms with Gasteiger partial charge >= 0.3 is 5.97 Å². The molecule has 0 bridgehead atoms. The van der Waals surface area contributed by atoms with E-state index in [1.807, 2.05) is 0 Å². The van der Waals surface area contributed by atoms with Gasteiger partial charge in [0.15, 0.2) is 6.61 Å². The highest BCUT2D eigenvalue weighted by Gasteiger charge is 2.12. The Hall–Kier alpha value is -2.57. The normalized spacial score (nSPS) is 10.0. The highest BCUT2D eigenvalue weighted by Crippen LogP contribution is 2.14. The fourth-order valence-electron chi connectivity index (χ4n) is 1.84. The van der Waals surface area contributed by atoms with Crippen molar-refractivity contribution in [3.05, 3.63) is 69.7 Å². The van der Waals surface area contributed by atoms with Crippen molar-refractivity contribution in [1.29, 1.82) is 0 Å². The minimum atomic E-state index is -0.676. The summed E-state index contributed by atoms with van der Waals surface area (Å²) < 4.78 is 4.84. The highest BCUT2D eigenvalue weighted by molar-refractivity contribution is 6.33. The summed E-state index contributed by atoms with van der Waals surface area (Å²) in [5.74, 6) is -1.83. The zero-order chi connectivity index (χ0) is 18.2. The predicted octanol–water partition coefficient (Wildman–Crippen LogP) is 2.54. The van der Waals surface area contributed by atoms with Crippen molar-refractivity contribution in [1.82, 2.24) is 10.9 Å². The molecule has 0 heterocycles. The Kier molecular flexibility index (Phi) is 6.80. The van der Waals surface area contributed by atoms with E-state index in [-0.39, 0.29) is 17.0 Å². The second kappa shape index (κ2) is 9.05. The van der Waals surface area contributed by atoms with Gasteiger partial charge in [0.25, 0.3) is 11.8 Å². The maximum atomic E-state index is 11.8. The van der Waals surface area contributed by atoms with E-state index in [1.54, 1.807) is 42.5 Å². The molecule has 0 unspecified atom stereocenters. The first-order valence-corrected chi connectivity index (χ1v) is 7.95. The molecule has 0 aliphatic carbocycles. The van der Waals surface area contributed by atoms with Gasteiger partial charge in [-0.3, -0.25) is 25.2 Å². The molecule has 0 fully saturated rings. The maximum Gasteiger partial charge on any atom is 0.310 e. The van der Waals surface area contributed by atoms with Crippen LogP contribution in [0, 0.1) is 0 Å². The fraction of sp³-hybridized carbons (Fsp3) is 0.118. The Morgan fingerprint density at radius 2 is 1.60 bits per heavy atom. The number of esters is 1. The first-order valence-electron chi connectivity index (χ1n) is 7.19. The molecule has 25 heavy (non-hydrogen) atoms. The van der Waals surface area contributed by atoms with Crippen molar-refractivity contribution in [2.75, 3.05) is 6.61 Å². The molecule has 2 rings (SSSR count). The monoisotopic (exact) mass is 380 g/mol. The minimum Gasteiger partial charge on any atom is -0.455 e. The number of halogens is 2. The van der Waals surface area contributed by atoms with Crippen LogP contribution in [-0.2, 0) is 20.7 Å². The van der Waals surface area contributed by atoms with Crippen LogP contribution in [0.25, 0.3) is 0 Å². The molecule has 2 aromatic rings. The van der Waals surface area contributed by atoms with Crippen LogP contribution in [0.5, 0.6) is 0 Å². The second-order valence-corrected chi connectivity index (χ2v) is 5.79. The van der Waals surface area contributed by atoms with Crippen LogP contribution in [0.1, 0.15) is 15.9 Å². The van der Waals surface area contributed by atoms with Crippen LogP contribution in [0.4, 0.5) is 0 Å². The summed E-state index contributed by atoms with van der Waals surface area (Å²) >= 11 is 11.6. The Labute approximate surface area is 154 Å². The predicted molar refractivity (Wildman–Crippen MR) is 93.2 cm³/mol. The van der Waals surface area contributed by atoms with Gasteiger partial charge in [-0.15, -0.1) is 0 Å². The molecule has 0 aromatic heterocycles. The molecule has 0 saturated heterocycles. The Morgan fingerprint density at radius 3 is 2.28 bits per heavy atom. The van der Waals surface area contributed by atoms with Crippen LogP contribution >= 0.6 is 23.2 Å². The Morgan fingerprint density at radius 1 is 0.920 bits per heavy atom. The zero-order valence-corrected chi connectivity index (χ0v) is 14.4. The number of hydrazine groups is 1. The molecule has 130 valence electrons. The largest absolute Gasteiger partial charge is 0.455 e. The summed E-state index contributed by atoms with van der Waals surface area (Å²) in [5.41, 5.74) is 5.26. The molecule has 0 aliphatic rings. The van der Waals surface area contributed by atoms with Crippen LogP contribution in [0.15, 0.2) is 48.5 Å².